The monoisotopic (exact) mass is 284 g/mol. The molecule has 0 unspecified atom stereocenters. The van der Waals surface area contributed by atoms with Crippen molar-refractivity contribution in [2.75, 3.05) is 18.9 Å². The Hall–Kier alpha value is -0.580. The summed E-state index contributed by atoms with van der Waals surface area (Å²) in [4.78, 5) is 2.32. The van der Waals surface area contributed by atoms with Gasteiger partial charge in [0.1, 0.15) is 0 Å². The lowest BCUT2D eigenvalue weighted by atomic mass is 10.2. The van der Waals surface area contributed by atoms with Crippen LogP contribution in [0.1, 0.15) is 18.4 Å². The molecule has 0 amide bonds. The highest BCUT2D eigenvalue weighted by Crippen LogP contribution is 2.28. The molecule has 0 atom stereocenters. The van der Waals surface area contributed by atoms with Crippen LogP contribution in [0.2, 0.25) is 0 Å². The highest BCUT2D eigenvalue weighted by molar-refractivity contribution is 9.10. The van der Waals surface area contributed by atoms with Crippen LogP contribution in [-0.4, -0.2) is 29.2 Å². The molecule has 2 rings (SSSR count). The van der Waals surface area contributed by atoms with Gasteiger partial charge < -0.3 is 10.8 Å². The molecule has 0 heterocycles. The van der Waals surface area contributed by atoms with Crippen LogP contribution in [0.15, 0.2) is 22.7 Å². The molecule has 0 bridgehead atoms. The zero-order valence-corrected chi connectivity index (χ0v) is 10.8. The minimum atomic E-state index is 0.222. The van der Waals surface area contributed by atoms with Gasteiger partial charge in [0.25, 0.3) is 0 Å². The molecule has 0 spiro atoms. The third kappa shape index (κ3) is 3.20. The third-order valence-corrected chi connectivity index (χ3v) is 3.27. The Bertz CT molecular complexity index is 346. The van der Waals surface area contributed by atoms with Gasteiger partial charge in [0.2, 0.25) is 0 Å². The molecule has 0 radical (unpaired) electrons. The summed E-state index contributed by atoms with van der Waals surface area (Å²) in [5, 5.41) is 9.02. The van der Waals surface area contributed by atoms with Gasteiger partial charge >= 0.3 is 0 Å². The van der Waals surface area contributed by atoms with E-state index in [1.165, 1.54) is 18.4 Å². The highest BCUT2D eigenvalue weighted by atomic mass is 79.9. The third-order valence-electron chi connectivity index (χ3n) is 2.82. The number of nitrogens with zero attached hydrogens (tertiary/aromatic N) is 1. The smallest absolute Gasteiger partial charge is 0.0558 e. The average molecular weight is 285 g/mol. The molecule has 16 heavy (non-hydrogen) atoms. The van der Waals surface area contributed by atoms with Gasteiger partial charge in [-0.05, 0) is 36.6 Å². The molecule has 88 valence electrons. The van der Waals surface area contributed by atoms with Crippen LogP contribution in [0, 0.1) is 0 Å². The zero-order chi connectivity index (χ0) is 11.5. The van der Waals surface area contributed by atoms with Crippen molar-refractivity contribution in [2.24, 2.45) is 0 Å². The van der Waals surface area contributed by atoms with E-state index in [0.717, 1.165) is 23.2 Å². The lowest BCUT2D eigenvalue weighted by Gasteiger charge is -2.21. The molecule has 1 aromatic rings. The van der Waals surface area contributed by atoms with Crippen molar-refractivity contribution in [1.29, 1.82) is 0 Å². The number of aliphatic hydroxyl groups excluding tert-OH is 1. The van der Waals surface area contributed by atoms with E-state index in [2.05, 4.69) is 26.9 Å². The molecule has 4 heteroatoms. The van der Waals surface area contributed by atoms with Gasteiger partial charge in [0.15, 0.2) is 0 Å². The lowest BCUT2D eigenvalue weighted by molar-refractivity contribution is 0.183. The number of halogens is 1. The molecule has 3 nitrogen and oxygen atoms in total. The fraction of sp³-hybridized carbons (Fsp3) is 0.500. The van der Waals surface area contributed by atoms with Crippen LogP contribution in [0.5, 0.6) is 0 Å². The second-order valence-electron chi connectivity index (χ2n) is 4.32. The van der Waals surface area contributed by atoms with Crippen LogP contribution in [0.25, 0.3) is 0 Å². The van der Waals surface area contributed by atoms with Crippen molar-refractivity contribution in [3.8, 4) is 0 Å². The van der Waals surface area contributed by atoms with E-state index >= 15 is 0 Å². The minimum absolute atomic E-state index is 0.222. The van der Waals surface area contributed by atoms with Crippen molar-refractivity contribution < 1.29 is 5.11 Å². The van der Waals surface area contributed by atoms with Gasteiger partial charge in [-0.25, -0.2) is 0 Å². The molecule has 3 N–H and O–H groups in total. The minimum Gasteiger partial charge on any atom is -0.399 e. The van der Waals surface area contributed by atoms with Gasteiger partial charge in [0, 0.05) is 29.3 Å². The molecule has 1 saturated carbocycles. The highest BCUT2D eigenvalue weighted by Gasteiger charge is 2.28. The molecule has 1 aromatic carbocycles. The zero-order valence-electron chi connectivity index (χ0n) is 9.19. The van der Waals surface area contributed by atoms with Gasteiger partial charge in [-0.3, -0.25) is 4.90 Å². The maximum Gasteiger partial charge on any atom is 0.0558 e. The lowest BCUT2D eigenvalue weighted by Crippen LogP contribution is -2.28. The maximum atomic E-state index is 9.02. The number of rotatable bonds is 5. The van der Waals surface area contributed by atoms with E-state index in [0.29, 0.717) is 6.04 Å². The normalized spacial score (nSPS) is 15.7. The quantitative estimate of drug-likeness (QED) is 0.813. The van der Waals surface area contributed by atoms with Crippen LogP contribution >= 0.6 is 15.9 Å². The van der Waals surface area contributed by atoms with Gasteiger partial charge in [0.05, 0.1) is 6.61 Å². The Morgan fingerprint density at radius 2 is 2.12 bits per heavy atom. The van der Waals surface area contributed by atoms with E-state index in [1.807, 2.05) is 12.1 Å². The molecule has 1 fully saturated rings. The Labute approximate surface area is 104 Å². The molecule has 1 aliphatic carbocycles. The largest absolute Gasteiger partial charge is 0.399 e. The summed E-state index contributed by atoms with van der Waals surface area (Å²) in [6.45, 7) is 1.84. The number of anilines is 1. The first-order valence-electron chi connectivity index (χ1n) is 5.59. The predicted molar refractivity (Wildman–Crippen MR) is 69.1 cm³/mol. The summed E-state index contributed by atoms with van der Waals surface area (Å²) in [6, 6.07) is 6.64. The first-order valence-corrected chi connectivity index (χ1v) is 6.38. The van der Waals surface area contributed by atoms with Gasteiger partial charge in [-0.15, -0.1) is 0 Å². The first-order chi connectivity index (χ1) is 7.69. The Morgan fingerprint density at radius 3 is 2.69 bits per heavy atom. The standard InChI is InChI=1S/C12H17BrN2O/c13-10-5-9(6-11(14)7-10)8-15(3-4-16)12-1-2-12/h5-7,12,16H,1-4,8,14H2. The van der Waals surface area contributed by atoms with Gasteiger partial charge in [-0.2, -0.15) is 0 Å². The van der Waals surface area contributed by atoms with Gasteiger partial charge in [-0.1, -0.05) is 15.9 Å². The van der Waals surface area contributed by atoms with Crippen LogP contribution in [0.4, 0.5) is 5.69 Å². The van der Waals surface area contributed by atoms with E-state index in [1.54, 1.807) is 0 Å². The van der Waals surface area contributed by atoms with Crippen LogP contribution in [-0.2, 0) is 6.54 Å². The van der Waals surface area contributed by atoms with E-state index in [9.17, 15) is 0 Å². The Balaban J connectivity index is 2.05. The summed E-state index contributed by atoms with van der Waals surface area (Å²) >= 11 is 3.45. The van der Waals surface area contributed by atoms with Crippen LogP contribution in [0.3, 0.4) is 0 Å². The first kappa shape index (κ1) is 11.9. The van der Waals surface area contributed by atoms with Crippen molar-refractivity contribution in [2.45, 2.75) is 25.4 Å². The predicted octanol–water partition coefficient (Wildman–Crippen LogP) is 1.99. The Kier molecular flexibility index (Phi) is 3.84. The second kappa shape index (κ2) is 5.17. The molecular weight excluding hydrogens is 268 g/mol. The van der Waals surface area contributed by atoms with E-state index in [-0.39, 0.29) is 6.61 Å². The Morgan fingerprint density at radius 1 is 1.38 bits per heavy atom. The fourth-order valence-corrected chi connectivity index (χ4v) is 2.52. The fourth-order valence-electron chi connectivity index (χ4n) is 1.96. The summed E-state index contributed by atoms with van der Waals surface area (Å²) in [6.07, 6.45) is 2.51. The van der Waals surface area contributed by atoms with Crippen molar-refractivity contribution in [1.82, 2.24) is 4.90 Å². The SMILES string of the molecule is Nc1cc(Br)cc(CN(CCO)C2CC2)c1. The van der Waals surface area contributed by atoms with E-state index in [4.69, 9.17) is 10.8 Å². The average Bonchev–Trinajstić information content (AvgIpc) is 2.98. The molecular formula is C12H17BrN2O. The number of hydrogen-bond donors (Lipinski definition) is 2. The van der Waals surface area contributed by atoms with Crippen molar-refractivity contribution in [3.05, 3.63) is 28.2 Å². The topological polar surface area (TPSA) is 49.5 Å². The summed E-state index contributed by atoms with van der Waals surface area (Å²) in [7, 11) is 0. The summed E-state index contributed by atoms with van der Waals surface area (Å²) in [5.74, 6) is 0. The molecule has 1 aliphatic rings. The van der Waals surface area contributed by atoms with Crippen molar-refractivity contribution in [3.63, 3.8) is 0 Å². The number of hydrogen-bond acceptors (Lipinski definition) is 3. The number of nitrogen functional groups attached to an aromatic ring is 1. The van der Waals surface area contributed by atoms with E-state index < -0.39 is 0 Å². The number of benzene rings is 1. The maximum absolute atomic E-state index is 9.02. The van der Waals surface area contributed by atoms with Crippen LogP contribution < -0.4 is 5.73 Å². The second-order valence-corrected chi connectivity index (χ2v) is 5.23. The number of nitrogens with two attached hydrogens (primary N) is 1. The summed E-state index contributed by atoms with van der Waals surface area (Å²) in [5.41, 5.74) is 7.79. The summed E-state index contributed by atoms with van der Waals surface area (Å²) < 4.78 is 1.02. The molecule has 0 aromatic heterocycles. The van der Waals surface area contributed by atoms with Crippen molar-refractivity contribution >= 4 is 21.6 Å². The molecule has 0 saturated heterocycles. The number of aliphatic hydroxyl groups is 1. The molecule has 0 aliphatic heterocycles.